The van der Waals surface area contributed by atoms with Gasteiger partial charge in [-0.3, -0.25) is 62.5 Å². The van der Waals surface area contributed by atoms with Gasteiger partial charge in [0.15, 0.2) is 11.2 Å². The number of carboxylic acids is 4. The smallest absolute Gasteiger partial charge is 0.326 e. The summed E-state index contributed by atoms with van der Waals surface area (Å²) in [5.74, 6) is -14.5. The SMILES string of the molecule is NCCCC[C@@H](NC(=O)CNC(=O)[C@@H](CC(=O)O)NC(=O)[C@H](CCCN)NC(=O)[C@@H](CC(=O)O)NC(=O)CNC(=O)[C@@H](CC(=O)O)NC(=O)CCCNC(=O)c1ccc(NCc2cnc3nc(N)[nH]c(=O)c3n2)cc1)C(=O)O. The number of nitrogen functional groups attached to an aromatic ring is 1. The van der Waals surface area contributed by atoms with Gasteiger partial charge < -0.3 is 85.5 Å². The van der Waals surface area contributed by atoms with Crippen LogP contribution >= 0.6 is 0 Å². The molecule has 33 heteroatoms. The number of nitrogens with one attached hydrogen (secondary N) is 10. The van der Waals surface area contributed by atoms with Gasteiger partial charge in [-0.1, -0.05) is 0 Å². The van der Waals surface area contributed by atoms with Gasteiger partial charge in [-0.25, -0.2) is 14.8 Å². The normalized spacial score (nSPS) is 12.7. The maximum atomic E-state index is 13.4. The number of fused-ring (bicyclic) bond motifs is 1. The summed E-state index contributed by atoms with van der Waals surface area (Å²) in [4.78, 5) is 177. The summed E-state index contributed by atoms with van der Waals surface area (Å²) < 4.78 is 0. The lowest BCUT2D eigenvalue weighted by molar-refractivity contribution is -0.143. The number of aliphatic carboxylic acids is 4. The Morgan fingerprint density at radius 1 is 0.577 bits per heavy atom. The fraction of sp³-hybridized carbons (Fsp3) is 0.467. The Kier molecular flexibility index (Phi) is 25.9. The van der Waals surface area contributed by atoms with Crippen molar-refractivity contribution < 1.29 is 78.0 Å². The van der Waals surface area contributed by atoms with E-state index < -0.39 is 139 Å². The number of H-pyrrole nitrogens is 1. The van der Waals surface area contributed by atoms with Crippen molar-refractivity contribution in [2.24, 2.45) is 11.5 Å². The highest BCUT2D eigenvalue weighted by atomic mass is 16.4. The largest absolute Gasteiger partial charge is 0.481 e. The molecule has 2 aromatic heterocycles. The Morgan fingerprint density at radius 2 is 1.09 bits per heavy atom. The molecule has 0 fully saturated rings. The molecule has 0 saturated heterocycles. The van der Waals surface area contributed by atoms with E-state index in [9.17, 15) is 82.8 Å². The van der Waals surface area contributed by atoms with Crippen LogP contribution in [-0.4, -0.2) is 174 Å². The third-order valence-corrected chi connectivity index (χ3v) is 10.8. The van der Waals surface area contributed by atoms with Crippen molar-refractivity contribution in [3.8, 4) is 0 Å². The number of anilines is 2. The van der Waals surface area contributed by atoms with Gasteiger partial charge in [0.05, 0.1) is 50.8 Å². The maximum absolute atomic E-state index is 13.4. The molecule has 5 atom stereocenters. The first-order valence-corrected chi connectivity index (χ1v) is 24.0. The molecule has 33 nitrogen and oxygen atoms in total. The molecule has 2 heterocycles. The average molecular weight is 1100 g/mol. The first kappa shape index (κ1) is 62.9. The molecule has 0 unspecified atom stereocenters. The highest BCUT2D eigenvalue weighted by Crippen LogP contribution is 2.12. The topological polar surface area (TPSA) is 544 Å². The number of amides is 8. The van der Waals surface area contributed by atoms with Crippen LogP contribution in [0.15, 0.2) is 35.3 Å². The summed E-state index contributed by atoms with van der Waals surface area (Å²) in [5.41, 5.74) is 17.3. The predicted octanol–water partition coefficient (Wildman–Crippen LogP) is -5.55. The van der Waals surface area contributed by atoms with E-state index in [-0.39, 0.29) is 81.0 Å². The molecule has 78 heavy (non-hydrogen) atoms. The van der Waals surface area contributed by atoms with Gasteiger partial charge in [0.1, 0.15) is 30.2 Å². The predicted molar refractivity (Wildman–Crippen MR) is 269 cm³/mol. The number of carbonyl (C=O) groups is 12. The summed E-state index contributed by atoms with van der Waals surface area (Å²) >= 11 is 0. The number of unbranched alkanes of at least 4 members (excludes halogenated alkanes) is 1. The van der Waals surface area contributed by atoms with Crippen molar-refractivity contribution in [3.63, 3.8) is 0 Å². The Bertz CT molecular complexity index is 2720. The lowest BCUT2D eigenvalue weighted by Crippen LogP contribution is -2.58. The standard InChI is InChI=1S/C45H62N16O17/c46-12-2-1-5-26(44(77)78)55-31(63)20-53-40(73)28(16-34(67)68)59-41(74)25(6-3-13-47)58-42(75)29(17-35(69)70)57-32(64)21-52-39(72)27(15-33(65)66)56-30(62)7-4-14-49-38(71)22-8-10-23(11-9-22)50-18-24-19-51-37-36(54-24)43(76)61-45(48)60-37/h8-11,19,25-29,50H,1-7,12-18,20-21,46-47H2,(H,49,71)(H,52,72)(H,53,73)(H,55,63)(H,56,62)(H,57,64)(H,58,75)(H,59,74)(H,65,66)(H,67,68)(H,69,70)(H,77,78)(H3,48,51,60,61,76)/t25-,26+,27+,28+,29+/m0/s1. The van der Waals surface area contributed by atoms with Gasteiger partial charge in [0, 0.05) is 24.2 Å². The van der Waals surface area contributed by atoms with E-state index in [0.29, 0.717) is 24.2 Å². The molecule has 0 spiro atoms. The van der Waals surface area contributed by atoms with Crippen molar-refractivity contribution in [1.82, 2.24) is 62.5 Å². The number of aromatic nitrogens is 4. The van der Waals surface area contributed by atoms with Crippen LogP contribution < -0.4 is 70.6 Å². The van der Waals surface area contributed by atoms with Crippen LogP contribution in [0, 0.1) is 0 Å². The fourth-order valence-corrected chi connectivity index (χ4v) is 6.92. The van der Waals surface area contributed by atoms with E-state index in [4.69, 9.17) is 17.2 Å². The second-order valence-corrected chi connectivity index (χ2v) is 17.0. The van der Waals surface area contributed by atoms with Crippen LogP contribution in [0.1, 0.15) is 80.3 Å². The van der Waals surface area contributed by atoms with Gasteiger partial charge in [-0.15, -0.1) is 0 Å². The van der Waals surface area contributed by atoms with E-state index in [1.165, 1.54) is 18.3 Å². The monoisotopic (exact) mass is 1100 g/mol. The molecule has 8 amide bonds. The minimum absolute atomic E-state index is 0.00599. The van der Waals surface area contributed by atoms with Crippen molar-refractivity contribution in [1.29, 1.82) is 0 Å². The molecule has 424 valence electrons. The minimum atomic E-state index is -1.94. The van der Waals surface area contributed by atoms with Crippen LogP contribution in [0.4, 0.5) is 11.6 Å². The molecular weight excluding hydrogens is 1040 g/mol. The molecule has 0 aliphatic carbocycles. The second-order valence-electron chi connectivity index (χ2n) is 17.0. The molecule has 0 bridgehead atoms. The zero-order chi connectivity index (χ0) is 57.9. The maximum Gasteiger partial charge on any atom is 0.326 e. The lowest BCUT2D eigenvalue weighted by Gasteiger charge is -2.24. The summed E-state index contributed by atoms with van der Waals surface area (Å²) in [5, 5.41) is 58.5. The van der Waals surface area contributed by atoms with Crippen LogP contribution in [0.5, 0.6) is 0 Å². The minimum Gasteiger partial charge on any atom is -0.481 e. The fourth-order valence-electron chi connectivity index (χ4n) is 6.92. The first-order valence-electron chi connectivity index (χ1n) is 24.0. The summed E-state index contributed by atoms with van der Waals surface area (Å²) in [7, 11) is 0. The van der Waals surface area contributed by atoms with Gasteiger partial charge in [-0.05, 0) is 75.9 Å². The quantitative estimate of drug-likeness (QED) is 0.0244. The Labute approximate surface area is 441 Å². The second kappa shape index (κ2) is 32.1. The average Bonchev–Trinajstić information content (AvgIpc) is 3.38. The first-order chi connectivity index (χ1) is 37.0. The number of carbonyl (C=O) groups excluding carboxylic acids is 8. The Hall–Kier alpha value is -9.40. The molecule has 20 N–H and O–H groups in total. The molecule has 1 aromatic carbocycles. The van der Waals surface area contributed by atoms with Crippen LogP contribution in [0.3, 0.4) is 0 Å². The Morgan fingerprint density at radius 3 is 1.65 bits per heavy atom. The molecule has 0 radical (unpaired) electrons. The Balaban J connectivity index is 1.52. The van der Waals surface area contributed by atoms with Gasteiger partial charge in [0.2, 0.25) is 47.3 Å². The number of hydrogen-bond acceptors (Lipinski definition) is 20. The summed E-state index contributed by atoms with van der Waals surface area (Å²) in [6.07, 6.45) is -1.30. The van der Waals surface area contributed by atoms with Crippen LogP contribution in [0.25, 0.3) is 11.2 Å². The highest BCUT2D eigenvalue weighted by Gasteiger charge is 2.32. The number of aromatic amines is 1. The van der Waals surface area contributed by atoms with Crippen molar-refractivity contribution in [3.05, 3.63) is 52.1 Å². The number of nitrogens with two attached hydrogens (primary N) is 3. The number of nitrogens with zero attached hydrogens (tertiary/aromatic N) is 3. The molecule has 0 aliphatic heterocycles. The molecule has 0 aliphatic rings. The van der Waals surface area contributed by atoms with Gasteiger partial charge >= 0.3 is 23.9 Å². The highest BCUT2D eigenvalue weighted by molar-refractivity contribution is 5.98. The number of hydrogen-bond donors (Lipinski definition) is 17. The van der Waals surface area contributed by atoms with E-state index in [0.717, 1.165) is 0 Å². The van der Waals surface area contributed by atoms with Crippen molar-refractivity contribution in [2.45, 2.75) is 101 Å². The third kappa shape index (κ3) is 22.6. The zero-order valence-electron chi connectivity index (χ0n) is 41.8. The van der Waals surface area contributed by atoms with Crippen molar-refractivity contribution in [2.75, 3.05) is 43.8 Å². The molecular formula is C45H62N16O17. The van der Waals surface area contributed by atoms with E-state index in [2.05, 4.69) is 67.8 Å². The van der Waals surface area contributed by atoms with Crippen molar-refractivity contribution >= 4 is 93.9 Å². The summed E-state index contributed by atoms with van der Waals surface area (Å²) in [6, 6.07) is -2.25. The number of rotatable bonds is 35. The van der Waals surface area contributed by atoms with E-state index >= 15 is 0 Å². The number of benzene rings is 1. The van der Waals surface area contributed by atoms with E-state index in [1.807, 2.05) is 0 Å². The van der Waals surface area contributed by atoms with Gasteiger partial charge in [0.25, 0.3) is 11.5 Å². The number of carboxylic acid groups (broad SMARTS) is 4. The van der Waals surface area contributed by atoms with Gasteiger partial charge in [-0.2, -0.15) is 4.98 Å². The molecule has 3 rings (SSSR count). The third-order valence-electron chi connectivity index (χ3n) is 10.8. The van der Waals surface area contributed by atoms with Crippen LogP contribution in [0.2, 0.25) is 0 Å². The molecule has 3 aromatic rings. The van der Waals surface area contributed by atoms with Crippen LogP contribution in [-0.2, 0) is 59.3 Å². The van der Waals surface area contributed by atoms with E-state index in [1.54, 1.807) is 12.1 Å². The molecule has 0 saturated carbocycles. The summed E-state index contributed by atoms with van der Waals surface area (Å²) in [6.45, 7) is -1.45. The zero-order valence-corrected chi connectivity index (χ0v) is 41.8. The lowest BCUT2D eigenvalue weighted by atomic mass is 10.1.